The molecule has 0 unspecified atom stereocenters. The summed E-state index contributed by atoms with van der Waals surface area (Å²) < 4.78 is 20.7. The second-order valence-corrected chi connectivity index (χ2v) is 9.22. The molecule has 0 aliphatic rings. The lowest BCUT2D eigenvalue weighted by atomic mass is 9.84. The van der Waals surface area contributed by atoms with E-state index >= 15 is 0 Å². The highest BCUT2D eigenvalue weighted by Crippen LogP contribution is 2.31. The van der Waals surface area contributed by atoms with E-state index in [1.807, 2.05) is 26.8 Å². The van der Waals surface area contributed by atoms with Crippen LogP contribution in [0.25, 0.3) is 17.0 Å². The van der Waals surface area contributed by atoms with Gasteiger partial charge in [-0.1, -0.05) is 26.8 Å². The van der Waals surface area contributed by atoms with Crippen LogP contribution in [0.2, 0.25) is 0 Å². The summed E-state index contributed by atoms with van der Waals surface area (Å²) in [5.41, 5.74) is 0.949. The van der Waals surface area contributed by atoms with Gasteiger partial charge >= 0.3 is 17.6 Å². The van der Waals surface area contributed by atoms with Crippen molar-refractivity contribution in [2.75, 3.05) is 19.8 Å². The zero-order chi connectivity index (χ0) is 27.2. The minimum Gasteiger partial charge on any atom is -0.482 e. The van der Waals surface area contributed by atoms with Gasteiger partial charge in [-0.3, -0.25) is 4.79 Å². The second kappa shape index (κ2) is 11.7. The van der Waals surface area contributed by atoms with E-state index < -0.39 is 17.6 Å². The molecular weight excluding hydrogens is 476 g/mol. The summed E-state index contributed by atoms with van der Waals surface area (Å²) >= 11 is 0. The summed E-state index contributed by atoms with van der Waals surface area (Å²) in [6, 6.07) is 11.5. The molecule has 3 rings (SSSR count). The van der Waals surface area contributed by atoms with Gasteiger partial charge in [-0.15, -0.1) is 0 Å². The lowest BCUT2D eigenvalue weighted by molar-refractivity contribution is -0.145. The minimum atomic E-state index is -0.760. The molecule has 0 saturated heterocycles. The number of ether oxygens (including phenoxy) is 3. The summed E-state index contributed by atoms with van der Waals surface area (Å²) in [7, 11) is 0. The van der Waals surface area contributed by atoms with Crippen LogP contribution in [0.15, 0.2) is 57.8 Å². The molecule has 0 N–H and O–H groups in total. The topological polar surface area (TPSA) is 109 Å². The molecule has 0 aliphatic carbocycles. The fourth-order valence-corrected chi connectivity index (χ4v) is 3.59. The van der Waals surface area contributed by atoms with Gasteiger partial charge in [0.15, 0.2) is 12.4 Å². The molecule has 1 aromatic heterocycles. The van der Waals surface area contributed by atoms with Crippen LogP contribution in [-0.2, 0) is 19.7 Å². The van der Waals surface area contributed by atoms with Crippen molar-refractivity contribution in [3.05, 3.63) is 81.2 Å². The van der Waals surface area contributed by atoms with Gasteiger partial charge < -0.3 is 18.6 Å². The summed E-state index contributed by atoms with van der Waals surface area (Å²) in [6.07, 6.45) is 3.10. The molecule has 0 saturated carbocycles. The number of hydrogen-bond donors (Lipinski definition) is 0. The zero-order valence-corrected chi connectivity index (χ0v) is 21.6. The van der Waals surface area contributed by atoms with Crippen LogP contribution in [0.3, 0.4) is 0 Å². The van der Waals surface area contributed by atoms with Crippen LogP contribution in [0, 0.1) is 0 Å². The molecule has 37 heavy (non-hydrogen) atoms. The first-order valence-electron chi connectivity index (χ1n) is 11.9. The first-order valence-corrected chi connectivity index (χ1v) is 11.9. The Balaban J connectivity index is 1.89. The van der Waals surface area contributed by atoms with Crippen molar-refractivity contribution in [2.24, 2.45) is 0 Å². The number of benzene rings is 2. The highest BCUT2D eigenvalue weighted by Gasteiger charge is 2.22. The van der Waals surface area contributed by atoms with Crippen LogP contribution in [0.1, 0.15) is 66.5 Å². The van der Waals surface area contributed by atoms with E-state index in [2.05, 4.69) is 0 Å². The molecule has 0 bridgehead atoms. The number of rotatable bonds is 9. The van der Waals surface area contributed by atoms with Gasteiger partial charge in [0, 0.05) is 16.5 Å². The van der Waals surface area contributed by atoms with E-state index in [4.69, 9.17) is 18.6 Å². The molecule has 0 spiro atoms. The zero-order valence-electron chi connectivity index (χ0n) is 21.6. The predicted molar refractivity (Wildman–Crippen MR) is 139 cm³/mol. The molecule has 8 nitrogen and oxygen atoms in total. The molecule has 1 heterocycles. The fourth-order valence-electron chi connectivity index (χ4n) is 3.59. The quantitative estimate of drug-likeness (QED) is 0.171. The minimum absolute atomic E-state index is 0.132. The van der Waals surface area contributed by atoms with Gasteiger partial charge in [0.25, 0.3) is 0 Å². The van der Waals surface area contributed by atoms with Crippen molar-refractivity contribution >= 4 is 34.8 Å². The smallest absolute Gasteiger partial charge is 0.351 e. The number of esters is 2. The molecule has 0 atom stereocenters. The van der Waals surface area contributed by atoms with Crippen LogP contribution >= 0.6 is 0 Å². The van der Waals surface area contributed by atoms with Gasteiger partial charge in [-0.05, 0) is 73.4 Å². The van der Waals surface area contributed by atoms with Gasteiger partial charge in [0.1, 0.15) is 16.9 Å². The summed E-state index contributed by atoms with van der Waals surface area (Å²) in [5.74, 6) is -1.01. The number of fused-ring (bicyclic) bond motifs is 1. The van der Waals surface area contributed by atoms with E-state index in [1.165, 1.54) is 12.1 Å². The lowest BCUT2D eigenvalue weighted by Crippen LogP contribution is -2.18. The third-order valence-electron chi connectivity index (χ3n) is 5.39. The van der Waals surface area contributed by atoms with Crippen molar-refractivity contribution in [3.63, 3.8) is 0 Å². The SMILES string of the molecule is CCOC(=O)COc1ccc(C(=O)/C=C/c2cc(C(C)(C)C)c3oc(=O)c(C(=O)OCC)cc3c2)cc1. The Bertz CT molecular complexity index is 1390. The fraction of sp³-hybridized carbons (Fsp3) is 0.310. The van der Waals surface area contributed by atoms with E-state index in [1.54, 1.807) is 50.3 Å². The average molecular weight is 507 g/mol. The Morgan fingerprint density at radius 1 is 0.946 bits per heavy atom. The largest absolute Gasteiger partial charge is 0.482 e. The van der Waals surface area contributed by atoms with Crippen LogP contribution in [0.5, 0.6) is 5.75 Å². The lowest BCUT2D eigenvalue weighted by Gasteiger charge is -2.21. The summed E-state index contributed by atoms with van der Waals surface area (Å²) in [6.45, 7) is 9.50. The number of ketones is 1. The maximum Gasteiger partial charge on any atom is 0.351 e. The molecule has 2 aromatic carbocycles. The van der Waals surface area contributed by atoms with E-state index in [0.29, 0.717) is 27.8 Å². The number of carbonyl (C=O) groups excluding carboxylic acids is 3. The first-order chi connectivity index (χ1) is 17.5. The third kappa shape index (κ3) is 6.94. The Morgan fingerprint density at radius 3 is 2.24 bits per heavy atom. The molecule has 194 valence electrons. The standard InChI is InChI=1S/C29H30O8/c1-6-34-25(31)17-36-21-11-9-19(10-12-21)24(30)13-8-18-14-20-16-22(27(32)35-7-2)28(33)37-26(20)23(15-18)29(3,4)5/h8-16H,6-7,17H2,1-5H3/b13-8+. The van der Waals surface area contributed by atoms with Crippen molar-refractivity contribution in [1.29, 1.82) is 0 Å². The Kier molecular flexibility index (Phi) is 8.65. The van der Waals surface area contributed by atoms with E-state index in [-0.39, 0.29) is 36.6 Å². The first kappa shape index (κ1) is 27.4. The molecule has 0 fully saturated rings. The highest BCUT2D eigenvalue weighted by molar-refractivity contribution is 6.07. The number of hydrogen-bond acceptors (Lipinski definition) is 8. The molecule has 8 heteroatoms. The van der Waals surface area contributed by atoms with Crippen LogP contribution in [0.4, 0.5) is 0 Å². The number of allylic oxidation sites excluding steroid dienone is 1. The Hall–Kier alpha value is -4.20. The van der Waals surface area contributed by atoms with Crippen molar-refractivity contribution in [1.82, 2.24) is 0 Å². The molecule has 0 amide bonds. The molecule has 0 aliphatic heterocycles. The van der Waals surface area contributed by atoms with E-state index in [9.17, 15) is 19.2 Å². The van der Waals surface area contributed by atoms with Crippen molar-refractivity contribution in [3.8, 4) is 5.75 Å². The second-order valence-electron chi connectivity index (χ2n) is 9.22. The Morgan fingerprint density at radius 2 is 1.62 bits per heavy atom. The van der Waals surface area contributed by atoms with Gasteiger partial charge in [-0.25, -0.2) is 14.4 Å². The van der Waals surface area contributed by atoms with Crippen LogP contribution in [-0.4, -0.2) is 37.5 Å². The highest BCUT2D eigenvalue weighted by atomic mass is 16.6. The summed E-state index contributed by atoms with van der Waals surface area (Å²) in [4.78, 5) is 48.8. The normalized spacial score (nSPS) is 11.5. The van der Waals surface area contributed by atoms with Crippen molar-refractivity contribution in [2.45, 2.75) is 40.0 Å². The summed E-state index contributed by atoms with van der Waals surface area (Å²) in [5, 5.41) is 0.547. The predicted octanol–water partition coefficient (Wildman–Crippen LogP) is 5.11. The van der Waals surface area contributed by atoms with Gasteiger partial charge in [0.2, 0.25) is 0 Å². The monoisotopic (exact) mass is 506 g/mol. The average Bonchev–Trinajstić information content (AvgIpc) is 2.85. The van der Waals surface area contributed by atoms with Gasteiger partial charge in [0.05, 0.1) is 13.2 Å². The molecule has 3 aromatic rings. The maximum atomic E-state index is 12.8. The molecular formula is C29H30O8. The third-order valence-corrected chi connectivity index (χ3v) is 5.39. The van der Waals surface area contributed by atoms with E-state index in [0.717, 1.165) is 5.56 Å². The van der Waals surface area contributed by atoms with Crippen LogP contribution < -0.4 is 10.4 Å². The van der Waals surface area contributed by atoms with Gasteiger partial charge in [-0.2, -0.15) is 0 Å². The number of carbonyl (C=O) groups is 3. The Labute approximate surface area is 214 Å². The maximum absolute atomic E-state index is 12.8. The molecule has 0 radical (unpaired) electrons. The van der Waals surface area contributed by atoms with Crippen molar-refractivity contribution < 1.29 is 33.0 Å².